The van der Waals surface area contributed by atoms with E-state index in [0.717, 1.165) is 10.6 Å². The minimum Gasteiger partial charge on any atom is -0.508 e. The Morgan fingerprint density at radius 1 is 1.35 bits per heavy atom. The van der Waals surface area contributed by atoms with Gasteiger partial charge in [-0.05, 0) is 6.07 Å². The Hall–Kier alpha value is -1.41. The van der Waals surface area contributed by atoms with Gasteiger partial charge in [0.2, 0.25) is 0 Å². The topological polar surface area (TPSA) is 112 Å². The van der Waals surface area contributed by atoms with Gasteiger partial charge in [-0.2, -0.15) is 0 Å². The summed E-state index contributed by atoms with van der Waals surface area (Å²) in [6.45, 7) is -0.457. The lowest BCUT2D eigenvalue weighted by atomic mass is 10.1. The zero-order valence-corrected chi connectivity index (χ0v) is 8.80. The molecular weight excluding hydrogens is 230 g/mol. The molecule has 94 valence electrons. The largest absolute Gasteiger partial charge is 0.508 e. The maximum atomic E-state index is 11.5. The van der Waals surface area contributed by atoms with Crippen LogP contribution in [0, 0.1) is 0 Å². The van der Waals surface area contributed by atoms with Gasteiger partial charge in [-0.1, -0.05) is 0 Å². The summed E-state index contributed by atoms with van der Waals surface area (Å²) in [6.07, 6.45) is -3.33. The number of ether oxygens (including phenoxy) is 1. The molecule has 0 radical (unpaired) electrons. The summed E-state index contributed by atoms with van der Waals surface area (Å²) in [5, 5.41) is 37.2. The van der Waals surface area contributed by atoms with Crippen LogP contribution in [0.25, 0.3) is 0 Å². The molecule has 4 N–H and O–H groups in total. The Bertz CT molecular complexity index is 458. The van der Waals surface area contributed by atoms with Gasteiger partial charge in [-0.15, -0.1) is 0 Å². The fraction of sp³-hybridized carbons (Fsp3) is 0.500. The van der Waals surface area contributed by atoms with E-state index in [1.165, 1.54) is 12.3 Å². The fourth-order valence-corrected chi connectivity index (χ4v) is 1.80. The van der Waals surface area contributed by atoms with Gasteiger partial charge >= 0.3 is 0 Å². The highest BCUT2D eigenvalue weighted by molar-refractivity contribution is 5.16. The van der Waals surface area contributed by atoms with E-state index in [1.807, 2.05) is 0 Å². The normalized spacial score (nSPS) is 32.9. The van der Waals surface area contributed by atoms with Crippen LogP contribution in [0.2, 0.25) is 0 Å². The first-order valence-electron chi connectivity index (χ1n) is 5.08. The van der Waals surface area contributed by atoms with Crippen molar-refractivity contribution in [1.29, 1.82) is 0 Å². The van der Waals surface area contributed by atoms with E-state index < -0.39 is 36.7 Å². The summed E-state index contributed by atoms with van der Waals surface area (Å²) >= 11 is 0. The van der Waals surface area contributed by atoms with E-state index in [-0.39, 0.29) is 5.75 Å². The first kappa shape index (κ1) is 12.1. The molecule has 7 nitrogen and oxygen atoms in total. The van der Waals surface area contributed by atoms with Crippen molar-refractivity contribution in [2.45, 2.75) is 24.5 Å². The lowest BCUT2D eigenvalue weighted by molar-refractivity contribution is -0.0544. The highest BCUT2D eigenvalue weighted by atomic mass is 16.6. The Morgan fingerprint density at radius 2 is 2.06 bits per heavy atom. The monoisotopic (exact) mass is 243 g/mol. The molecule has 1 aromatic rings. The van der Waals surface area contributed by atoms with Gasteiger partial charge < -0.3 is 25.2 Å². The van der Waals surface area contributed by atoms with Crippen LogP contribution in [0.4, 0.5) is 0 Å². The third-order valence-corrected chi connectivity index (χ3v) is 2.72. The number of hydrogen-bond acceptors (Lipinski definition) is 6. The number of pyridine rings is 1. The van der Waals surface area contributed by atoms with Crippen molar-refractivity contribution in [3.63, 3.8) is 0 Å². The predicted molar refractivity (Wildman–Crippen MR) is 55.4 cm³/mol. The molecule has 1 fully saturated rings. The second-order valence-corrected chi connectivity index (χ2v) is 3.86. The lowest BCUT2D eigenvalue weighted by Crippen LogP contribution is -2.35. The van der Waals surface area contributed by atoms with E-state index in [0.29, 0.717) is 0 Å². The zero-order valence-electron chi connectivity index (χ0n) is 8.80. The molecular formula is C10H13NO6. The fourth-order valence-electron chi connectivity index (χ4n) is 1.80. The first-order chi connectivity index (χ1) is 8.04. The molecule has 0 spiro atoms. The summed E-state index contributed by atoms with van der Waals surface area (Å²) in [5.41, 5.74) is -0.570. The predicted octanol–water partition coefficient (Wildman–Crippen LogP) is -1.83. The molecule has 1 aliphatic rings. The molecule has 0 saturated carbocycles. The number of rotatable bonds is 2. The van der Waals surface area contributed by atoms with Crippen LogP contribution < -0.4 is 5.56 Å². The summed E-state index contributed by atoms with van der Waals surface area (Å²) in [6, 6.07) is 2.23. The molecule has 2 rings (SSSR count). The lowest BCUT2D eigenvalue weighted by Gasteiger charge is -2.17. The number of aliphatic hydroxyl groups excluding tert-OH is 3. The van der Waals surface area contributed by atoms with Gasteiger partial charge in [0, 0.05) is 12.3 Å². The van der Waals surface area contributed by atoms with Crippen LogP contribution in [0.5, 0.6) is 5.75 Å². The van der Waals surface area contributed by atoms with Gasteiger partial charge in [0.1, 0.15) is 24.1 Å². The van der Waals surface area contributed by atoms with Crippen molar-refractivity contribution in [2.75, 3.05) is 6.61 Å². The third kappa shape index (κ3) is 2.05. The first-order valence-corrected chi connectivity index (χ1v) is 5.08. The number of aromatic hydroxyl groups is 1. The molecule has 1 saturated heterocycles. The van der Waals surface area contributed by atoms with Crippen molar-refractivity contribution in [3.8, 4) is 5.75 Å². The SMILES string of the molecule is O=c1cc(O)ccn1[C@@H]1O[C@@H](CO)[C@H](O)[C@H]1O. The molecule has 17 heavy (non-hydrogen) atoms. The average molecular weight is 243 g/mol. The maximum Gasteiger partial charge on any atom is 0.256 e. The van der Waals surface area contributed by atoms with Crippen LogP contribution >= 0.6 is 0 Å². The number of aromatic nitrogens is 1. The maximum absolute atomic E-state index is 11.5. The molecule has 0 unspecified atom stereocenters. The standard InChI is InChI=1S/C10H13NO6/c12-4-6-8(15)9(16)10(17-6)11-2-1-5(13)3-7(11)14/h1-3,6,8-10,12-13,15-16H,4H2/t6-,8-,9+,10+/m0/s1. The summed E-state index contributed by atoms with van der Waals surface area (Å²) in [5.74, 6) is -0.196. The highest BCUT2D eigenvalue weighted by Crippen LogP contribution is 2.28. The van der Waals surface area contributed by atoms with Crippen LogP contribution in [0.1, 0.15) is 6.23 Å². The van der Waals surface area contributed by atoms with E-state index in [9.17, 15) is 15.0 Å². The van der Waals surface area contributed by atoms with Gasteiger partial charge in [0.05, 0.1) is 6.61 Å². The Morgan fingerprint density at radius 3 is 2.59 bits per heavy atom. The Balaban J connectivity index is 2.32. The Kier molecular flexibility index (Phi) is 3.16. The second kappa shape index (κ2) is 4.46. The van der Waals surface area contributed by atoms with Gasteiger partial charge in [0.25, 0.3) is 5.56 Å². The van der Waals surface area contributed by atoms with Gasteiger partial charge in [0.15, 0.2) is 6.23 Å². The van der Waals surface area contributed by atoms with Crippen molar-refractivity contribution in [2.24, 2.45) is 0 Å². The molecule has 2 heterocycles. The van der Waals surface area contributed by atoms with E-state index in [4.69, 9.17) is 14.9 Å². The molecule has 0 amide bonds. The molecule has 7 heteroatoms. The van der Waals surface area contributed by atoms with Gasteiger partial charge in [-0.25, -0.2) is 0 Å². The smallest absolute Gasteiger partial charge is 0.256 e. The molecule has 1 aliphatic heterocycles. The molecule has 4 atom stereocenters. The summed E-state index contributed by atoms with van der Waals surface area (Å²) in [7, 11) is 0. The van der Waals surface area contributed by atoms with Crippen LogP contribution in [0.3, 0.4) is 0 Å². The second-order valence-electron chi connectivity index (χ2n) is 3.86. The van der Waals surface area contributed by atoms with Crippen molar-refractivity contribution < 1.29 is 25.2 Å². The summed E-state index contributed by atoms with van der Waals surface area (Å²) in [4.78, 5) is 11.5. The average Bonchev–Trinajstić information content (AvgIpc) is 2.57. The minimum atomic E-state index is -1.31. The highest BCUT2D eigenvalue weighted by Gasteiger charge is 2.43. The quantitative estimate of drug-likeness (QED) is 0.486. The van der Waals surface area contributed by atoms with Gasteiger partial charge in [-0.3, -0.25) is 9.36 Å². The molecule has 0 aromatic carbocycles. The van der Waals surface area contributed by atoms with E-state index in [1.54, 1.807) is 0 Å². The molecule has 0 bridgehead atoms. The van der Waals surface area contributed by atoms with Crippen LogP contribution in [-0.4, -0.2) is 49.9 Å². The molecule has 1 aromatic heterocycles. The summed E-state index contributed by atoms with van der Waals surface area (Å²) < 4.78 is 6.22. The van der Waals surface area contributed by atoms with E-state index >= 15 is 0 Å². The Labute approximate surface area is 96.1 Å². The third-order valence-electron chi connectivity index (χ3n) is 2.72. The number of hydrogen-bond donors (Lipinski definition) is 4. The minimum absolute atomic E-state index is 0.196. The number of nitrogens with zero attached hydrogens (tertiary/aromatic N) is 1. The van der Waals surface area contributed by atoms with Crippen molar-refractivity contribution in [1.82, 2.24) is 4.57 Å². The molecule has 0 aliphatic carbocycles. The van der Waals surface area contributed by atoms with Crippen molar-refractivity contribution in [3.05, 3.63) is 28.7 Å². The van der Waals surface area contributed by atoms with Crippen LogP contribution in [0.15, 0.2) is 23.1 Å². The van der Waals surface area contributed by atoms with Crippen molar-refractivity contribution >= 4 is 0 Å². The van der Waals surface area contributed by atoms with E-state index in [2.05, 4.69) is 0 Å². The number of aliphatic hydroxyl groups is 3. The van der Waals surface area contributed by atoms with Crippen LogP contribution in [-0.2, 0) is 4.74 Å². The zero-order chi connectivity index (χ0) is 12.6.